The number of rotatable bonds is 6. The fourth-order valence-corrected chi connectivity index (χ4v) is 2.93. The van der Waals surface area contributed by atoms with Crippen LogP contribution in [0.15, 0.2) is 54.6 Å². The van der Waals surface area contributed by atoms with Crippen molar-refractivity contribution in [2.24, 2.45) is 0 Å². The van der Waals surface area contributed by atoms with E-state index >= 15 is 0 Å². The molecule has 7 heteroatoms. The number of ether oxygens (including phenoxy) is 1. The maximum absolute atomic E-state index is 12.1. The number of amides is 3. The zero-order valence-electron chi connectivity index (χ0n) is 15.4. The number of anilines is 1. The number of hydrogen-bond acceptors (Lipinski definition) is 5. The van der Waals surface area contributed by atoms with Crippen molar-refractivity contribution in [1.29, 1.82) is 0 Å². The van der Waals surface area contributed by atoms with Crippen molar-refractivity contribution in [3.8, 4) is 0 Å². The quantitative estimate of drug-likeness (QED) is 0.614. The lowest BCUT2D eigenvalue weighted by molar-refractivity contribution is -0.125. The first kappa shape index (κ1) is 19.3. The van der Waals surface area contributed by atoms with Crippen molar-refractivity contribution < 1.29 is 23.9 Å². The second-order valence-electron chi connectivity index (χ2n) is 6.45. The summed E-state index contributed by atoms with van der Waals surface area (Å²) >= 11 is 0. The van der Waals surface area contributed by atoms with E-state index in [0.29, 0.717) is 5.69 Å². The molecule has 2 aromatic rings. The van der Waals surface area contributed by atoms with E-state index in [-0.39, 0.29) is 36.3 Å². The van der Waals surface area contributed by atoms with Gasteiger partial charge in [-0.05, 0) is 36.8 Å². The Kier molecular flexibility index (Phi) is 5.84. The second kappa shape index (κ2) is 8.47. The number of benzene rings is 2. The highest BCUT2D eigenvalue weighted by molar-refractivity contribution is 6.19. The van der Waals surface area contributed by atoms with Gasteiger partial charge in [0.2, 0.25) is 11.8 Å². The first-order valence-electron chi connectivity index (χ1n) is 8.93. The van der Waals surface area contributed by atoms with Gasteiger partial charge in [0.15, 0.2) is 6.61 Å². The lowest BCUT2D eigenvalue weighted by Crippen LogP contribution is -2.31. The van der Waals surface area contributed by atoms with Crippen molar-refractivity contribution in [2.45, 2.75) is 25.8 Å². The van der Waals surface area contributed by atoms with Crippen LogP contribution in [0.4, 0.5) is 5.69 Å². The third kappa shape index (κ3) is 4.43. The molecule has 1 heterocycles. The summed E-state index contributed by atoms with van der Waals surface area (Å²) in [5.74, 6) is -1.59. The van der Waals surface area contributed by atoms with Crippen molar-refractivity contribution in [1.82, 2.24) is 5.32 Å². The Morgan fingerprint density at radius 1 is 1.00 bits per heavy atom. The number of hydrogen-bond donors (Lipinski definition) is 1. The molecule has 3 amide bonds. The number of imide groups is 1. The first-order valence-corrected chi connectivity index (χ1v) is 8.93. The van der Waals surface area contributed by atoms with Crippen LogP contribution in [0.2, 0.25) is 0 Å². The van der Waals surface area contributed by atoms with E-state index in [1.807, 2.05) is 37.3 Å². The third-order valence-electron chi connectivity index (χ3n) is 4.42. The maximum atomic E-state index is 12.1. The molecule has 1 N–H and O–H groups in total. The van der Waals surface area contributed by atoms with Crippen LogP contribution in [0.25, 0.3) is 0 Å². The zero-order valence-corrected chi connectivity index (χ0v) is 15.4. The van der Waals surface area contributed by atoms with Gasteiger partial charge in [-0.1, -0.05) is 30.3 Å². The number of carbonyl (C=O) groups excluding carboxylic acids is 4. The van der Waals surface area contributed by atoms with Gasteiger partial charge in [0.1, 0.15) is 0 Å². The Labute approximate surface area is 162 Å². The predicted octanol–water partition coefficient (Wildman–Crippen LogP) is 2.37. The molecule has 3 rings (SSSR count). The van der Waals surface area contributed by atoms with Gasteiger partial charge in [-0.15, -0.1) is 0 Å². The minimum atomic E-state index is -0.659. The summed E-state index contributed by atoms with van der Waals surface area (Å²) in [5, 5.41) is 2.76. The number of nitrogens with zero attached hydrogens (tertiary/aromatic N) is 1. The van der Waals surface area contributed by atoms with Gasteiger partial charge in [0.05, 0.1) is 17.3 Å². The predicted molar refractivity (Wildman–Crippen MR) is 101 cm³/mol. The lowest BCUT2D eigenvalue weighted by Gasteiger charge is -2.15. The molecule has 1 unspecified atom stereocenters. The minimum absolute atomic E-state index is 0.194. The summed E-state index contributed by atoms with van der Waals surface area (Å²) in [6, 6.07) is 15.2. The molecule has 0 radical (unpaired) electrons. The van der Waals surface area contributed by atoms with Gasteiger partial charge in [-0.2, -0.15) is 0 Å². The first-order chi connectivity index (χ1) is 13.5. The molecule has 0 bridgehead atoms. The molecule has 1 fully saturated rings. The van der Waals surface area contributed by atoms with Crippen LogP contribution in [-0.2, 0) is 19.1 Å². The molecule has 0 aromatic heterocycles. The van der Waals surface area contributed by atoms with Crippen LogP contribution in [0, 0.1) is 0 Å². The van der Waals surface area contributed by atoms with Crippen LogP contribution in [-0.4, -0.2) is 30.3 Å². The highest BCUT2D eigenvalue weighted by Crippen LogP contribution is 2.23. The highest BCUT2D eigenvalue weighted by atomic mass is 16.5. The van der Waals surface area contributed by atoms with E-state index in [0.717, 1.165) is 10.5 Å². The Balaban J connectivity index is 1.52. The molecule has 1 aliphatic heterocycles. The van der Waals surface area contributed by atoms with Crippen molar-refractivity contribution in [3.63, 3.8) is 0 Å². The average Bonchev–Trinajstić information content (AvgIpc) is 3.05. The fourth-order valence-electron chi connectivity index (χ4n) is 2.93. The van der Waals surface area contributed by atoms with E-state index in [1.165, 1.54) is 24.3 Å². The monoisotopic (exact) mass is 380 g/mol. The van der Waals surface area contributed by atoms with Gasteiger partial charge in [0.25, 0.3) is 5.91 Å². The third-order valence-corrected chi connectivity index (χ3v) is 4.42. The summed E-state index contributed by atoms with van der Waals surface area (Å²) in [6.45, 7) is 1.44. The molecule has 0 spiro atoms. The molecule has 2 aromatic carbocycles. The van der Waals surface area contributed by atoms with Gasteiger partial charge in [-0.3, -0.25) is 19.3 Å². The summed E-state index contributed by atoms with van der Waals surface area (Å²) in [6.07, 6.45) is 0.387. The molecular weight excluding hydrogens is 360 g/mol. The van der Waals surface area contributed by atoms with E-state index in [2.05, 4.69) is 5.32 Å². The minimum Gasteiger partial charge on any atom is -0.452 e. The van der Waals surface area contributed by atoms with Crippen LogP contribution in [0.3, 0.4) is 0 Å². The van der Waals surface area contributed by atoms with E-state index < -0.39 is 18.5 Å². The summed E-state index contributed by atoms with van der Waals surface area (Å²) in [7, 11) is 0. The molecule has 1 saturated heterocycles. The average molecular weight is 380 g/mol. The Morgan fingerprint density at radius 2 is 1.61 bits per heavy atom. The second-order valence-corrected chi connectivity index (χ2v) is 6.45. The molecule has 1 atom stereocenters. The van der Waals surface area contributed by atoms with Gasteiger partial charge in [-0.25, -0.2) is 4.79 Å². The van der Waals surface area contributed by atoms with Crippen molar-refractivity contribution in [2.75, 3.05) is 11.5 Å². The van der Waals surface area contributed by atoms with Crippen LogP contribution < -0.4 is 10.2 Å². The highest BCUT2D eigenvalue weighted by Gasteiger charge is 2.30. The molecule has 144 valence electrons. The maximum Gasteiger partial charge on any atom is 0.338 e. The smallest absolute Gasteiger partial charge is 0.338 e. The van der Waals surface area contributed by atoms with Crippen LogP contribution >= 0.6 is 0 Å². The molecular formula is C21H20N2O5. The zero-order chi connectivity index (χ0) is 20.1. The SMILES string of the molecule is CC(NC(=O)COC(=O)c1ccc(N2C(=O)CCC2=O)cc1)c1ccccc1. The van der Waals surface area contributed by atoms with Crippen molar-refractivity contribution in [3.05, 3.63) is 65.7 Å². The molecule has 0 saturated carbocycles. The van der Waals surface area contributed by atoms with Gasteiger partial charge < -0.3 is 10.1 Å². The Bertz CT molecular complexity index is 877. The standard InChI is InChI=1S/C21H20N2O5/c1-14(15-5-3-2-4-6-15)22-18(24)13-28-21(27)16-7-9-17(10-8-16)23-19(25)11-12-20(23)26/h2-10,14H,11-13H2,1H3,(H,22,24). The fraction of sp³-hybridized carbons (Fsp3) is 0.238. The lowest BCUT2D eigenvalue weighted by atomic mass is 10.1. The van der Waals surface area contributed by atoms with Crippen LogP contribution in [0.5, 0.6) is 0 Å². The largest absolute Gasteiger partial charge is 0.452 e. The Morgan fingerprint density at radius 3 is 2.21 bits per heavy atom. The van der Waals surface area contributed by atoms with E-state index in [9.17, 15) is 19.2 Å². The normalized spacial score (nSPS) is 14.7. The molecule has 7 nitrogen and oxygen atoms in total. The topological polar surface area (TPSA) is 92.8 Å². The number of nitrogens with one attached hydrogen (secondary N) is 1. The summed E-state index contributed by atoms with van der Waals surface area (Å²) < 4.78 is 5.04. The van der Waals surface area contributed by atoms with Gasteiger partial charge >= 0.3 is 5.97 Å². The van der Waals surface area contributed by atoms with Gasteiger partial charge in [0, 0.05) is 12.8 Å². The number of carbonyl (C=O) groups is 4. The van der Waals surface area contributed by atoms with Crippen LogP contribution in [0.1, 0.15) is 41.7 Å². The molecule has 0 aliphatic carbocycles. The summed E-state index contributed by atoms with van der Waals surface area (Å²) in [4.78, 5) is 48.7. The summed E-state index contributed by atoms with van der Waals surface area (Å²) in [5.41, 5.74) is 1.59. The van der Waals surface area contributed by atoms with E-state index in [1.54, 1.807) is 0 Å². The van der Waals surface area contributed by atoms with Crippen molar-refractivity contribution >= 4 is 29.4 Å². The Hall–Kier alpha value is -3.48. The van der Waals surface area contributed by atoms with E-state index in [4.69, 9.17) is 4.74 Å². The number of esters is 1. The molecule has 1 aliphatic rings. The molecule has 28 heavy (non-hydrogen) atoms.